The van der Waals surface area contributed by atoms with Crippen molar-refractivity contribution in [3.63, 3.8) is 0 Å². The first kappa shape index (κ1) is 21.2. The van der Waals surface area contributed by atoms with Crippen LogP contribution in [0.1, 0.15) is 45.4 Å². The minimum absolute atomic E-state index is 0.0728. The molecule has 0 atom stereocenters. The Morgan fingerprint density at radius 1 is 1.00 bits per heavy atom. The second-order valence-corrected chi connectivity index (χ2v) is 8.91. The molecule has 19 heavy (non-hydrogen) atoms. The zero-order chi connectivity index (χ0) is 15.5. The van der Waals surface area contributed by atoms with Gasteiger partial charge in [0.15, 0.2) is 10.1 Å². The van der Waals surface area contributed by atoms with Gasteiger partial charge in [-0.2, -0.15) is 13.2 Å². The highest BCUT2D eigenvalue weighted by Gasteiger charge is 2.36. The first-order valence-electron chi connectivity index (χ1n) is 6.33. The summed E-state index contributed by atoms with van der Waals surface area (Å²) >= 11 is 0. The third-order valence-corrected chi connectivity index (χ3v) is 4.23. The van der Waals surface area contributed by atoms with Gasteiger partial charge in [-0.15, -0.1) is 0 Å². The smallest absolute Gasteiger partial charge is 0.485 e. The minimum atomic E-state index is -6.09. The Morgan fingerprint density at radius 2 is 1.37 bits per heavy atom. The lowest BCUT2D eigenvalue weighted by Gasteiger charge is -2.08. The van der Waals surface area contributed by atoms with E-state index in [1.165, 1.54) is 44.6 Å². The molecule has 0 aliphatic heterocycles. The molecule has 0 saturated carbocycles. The van der Waals surface area contributed by atoms with Crippen molar-refractivity contribution in [2.24, 2.45) is 0 Å². The summed E-state index contributed by atoms with van der Waals surface area (Å²) in [5.41, 5.74) is -5.65. The van der Waals surface area contributed by atoms with Gasteiger partial charge in [-0.1, -0.05) is 39.0 Å². The number of alkyl halides is 3. The molecule has 0 fully saturated rings. The van der Waals surface area contributed by atoms with E-state index >= 15 is 0 Å². The number of hydrogen-bond donors (Lipinski definition) is 0. The van der Waals surface area contributed by atoms with E-state index in [1.54, 1.807) is 0 Å². The van der Waals surface area contributed by atoms with Crippen LogP contribution in [0.15, 0.2) is 0 Å². The molecule has 116 valence electrons. The van der Waals surface area contributed by atoms with E-state index in [-0.39, 0.29) is 8.80 Å². The van der Waals surface area contributed by atoms with Gasteiger partial charge in [-0.05, 0) is 6.42 Å². The first-order valence-corrected chi connectivity index (χ1v) is 10.4. The van der Waals surface area contributed by atoms with E-state index in [4.69, 9.17) is 13.0 Å². The van der Waals surface area contributed by atoms with E-state index in [2.05, 4.69) is 20.0 Å². The Bertz CT molecular complexity index is 303. The van der Waals surface area contributed by atoms with Gasteiger partial charge in [0, 0.05) is 0 Å². The Labute approximate surface area is 115 Å². The molecule has 0 amide bonds. The standard InChI is InChI=1S/C10H23Si.CHF3O3S/c1-4-5-6-7-8-9-10-11(2)3;2-1(3,4)8(5,6)7/h4-10H2,1-3H3;(H,5,6,7)/q+1;/p-1. The molecule has 8 heteroatoms. The molecular formula is C11H23F3O3SSi. The van der Waals surface area contributed by atoms with Gasteiger partial charge in [-0.25, -0.2) is 8.42 Å². The van der Waals surface area contributed by atoms with Crippen LogP contribution >= 0.6 is 0 Å². The van der Waals surface area contributed by atoms with E-state index in [9.17, 15) is 13.2 Å². The molecule has 0 N–H and O–H groups in total. The van der Waals surface area contributed by atoms with Crippen molar-refractivity contribution >= 4 is 18.9 Å². The van der Waals surface area contributed by atoms with E-state index in [0.717, 1.165) is 0 Å². The summed E-state index contributed by atoms with van der Waals surface area (Å²) in [6.07, 6.45) is 8.72. The summed E-state index contributed by atoms with van der Waals surface area (Å²) in [4.78, 5) is 0. The predicted molar refractivity (Wildman–Crippen MR) is 71.4 cm³/mol. The molecule has 0 saturated heterocycles. The van der Waals surface area contributed by atoms with Crippen molar-refractivity contribution in [1.29, 1.82) is 0 Å². The van der Waals surface area contributed by atoms with Gasteiger partial charge in [0.05, 0.1) is 19.1 Å². The summed E-state index contributed by atoms with van der Waals surface area (Å²) < 4.78 is 58.9. The monoisotopic (exact) mass is 320 g/mol. The largest absolute Gasteiger partial charge is 0.741 e. The van der Waals surface area contributed by atoms with Crippen molar-refractivity contribution < 1.29 is 26.1 Å². The van der Waals surface area contributed by atoms with Crippen LogP contribution in [0.2, 0.25) is 19.1 Å². The van der Waals surface area contributed by atoms with Crippen LogP contribution in [-0.2, 0) is 10.1 Å². The minimum Gasteiger partial charge on any atom is -0.741 e. The summed E-state index contributed by atoms with van der Waals surface area (Å²) in [5.74, 6) is 0. The zero-order valence-corrected chi connectivity index (χ0v) is 13.5. The van der Waals surface area contributed by atoms with Crippen molar-refractivity contribution in [3.8, 4) is 0 Å². The molecule has 0 aromatic rings. The van der Waals surface area contributed by atoms with Crippen molar-refractivity contribution in [2.45, 2.75) is 70.1 Å². The molecule has 0 heterocycles. The van der Waals surface area contributed by atoms with Crippen molar-refractivity contribution in [2.75, 3.05) is 0 Å². The SMILES string of the molecule is CCCCCCCC[Si+](C)C.O=S(=O)([O-])C(F)(F)F. The van der Waals surface area contributed by atoms with E-state index in [0.29, 0.717) is 0 Å². The van der Waals surface area contributed by atoms with Crippen LogP contribution in [0.5, 0.6) is 0 Å². The topological polar surface area (TPSA) is 57.2 Å². The third-order valence-electron chi connectivity index (χ3n) is 2.31. The van der Waals surface area contributed by atoms with Crippen LogP contribution in [0, 0.1) is 0 Å². The van der Waals surface area contributed by atoms with E-state index in [1.807, 2.05) is 0 Å². The average Bonchev–Trinajstić information content (AvgIpc) is 2.21. The Balaban J connectivity index is 0. The van der Waals surface area contributed by atoms with Crippen molar-refractivity contribution in [1.82, 2.24) is 0 Å². The average molecular weight is 320 g/mol. The number of halogens is 3. The number of unbranched alkanes of at least 4 members (excludes halogenated alkanes) is 5. The maximum Gasteiger partial charge on any atom is 0.485 e. The van der Waals surface area contributed by atoms with Crippen LogP contribution < -0.4 is 0 Å². The lowest BCUT2D eigenvalue weighted by Crippen LogP contribution is -2.21. The molecule has 0 aromatic carbocycles. The quantitative estimate of drug-likeness (QED) is 0.306. The zero-order valence-electron chi connectivity index (χ0n) is 11.7. The second kappa shape index (κ2) is 10.7. The van der Waals surface area contributed by atoms with Gasteiger partial charge in [0.1, 0.15) is 0 Å². The molecule has 0 radical (unpaired) electrons. The highest BCUT2D eigenvalue weighted by molar-refractivity contribution is 7.86. The second-order valence-electron chi connectivity index (χ2n) is 4.62. The first-order chi connectivity index (χ1) is 8.52. The normalized spacial score (nSPS) is 11.7. The Morgan fingerprint density at radius 3 is 1.68 bits per heavy atom. The molecule has 0 bridgehead atoms. The molecule has 0 unspecified atom stereocenters. The molecule has 0 aliphatic carbocycles. The molecule has 0 aliphatic rings. The fourth-order valence-corrected chi connectivity index (χ4v) is 2.22. The number of rotatable bonds is 7. The van der Waals surface area contributed by atoms with Crippen molar-refractivity contribution in [3.05, 3.63) is 0 Å². The van der Waals surface area contributed by atoms with Gasteiger partial charge in [0.2, 0.25) is 0 Å². The summed E-state index contributed by atoms with van der Waals surface area (Å²) in [6.45, 7) is 7.10. The predicted octanol–water partition coefficient (Wildman–Crippen LogP) is 4.15. The van der Waals surface area contributed by atoms with Crippen LogP contribution in [0.4, 0.5) is 13.2 Å². The maximum absolute atomic E-state index is 10.7. The summed E-state index contributed by atoms with van der Waals surface area (Å²) in [7, 11) is -6.02. The third kappa shape index (κ3) is 15.9. The van der Waals surface area contributed by atoms with Crippen LogP contribution in [0.3, 0.4) is 0 Å². The van der Waals surface area contributed by atoms with Gasteiger partial charge >= 0.3 is 14.3 Å². The summed E-state index contributed by atoms with van der Waals surface area (Å²) in [6, 6.07) is 1.52. The molecule has 0 spiro atoms. The number of hydrogen-bond acceptors (Lipinski definition) is 3. The molecule has 0 aromatic heterocycles. The van der Waals surface area contributed by atoms with Crippen LogP contribution in [0.25, 0.3) is 0 Å². The van der Waals surface area contributed by atoms with Gasteiger partial charge < -0.3 is 4.55 Å². The fourth-order valence-electron chi connectivity index (χ4n) is 1.26. The molecule has 3 nitrogen and oxygen atoms in total. The lowest BCUT2D eigenvalue weighted by atomic mass is 10.1. The fraction of sp³-hybridized carbons (Fsp3) is 1.00. The Hall–Kier alpha value is -0.0831. The molecule has 0 rings (SSSR count). The summed E-state index contributed by atoms with van der Waals surface area (Å²) in [5, 5.41) is 0. The van der Waals surface area contributed by atoms with Gasteiger partial charge in [-0.3, -0.25) is 0 Å². The molecular weight excluding hydrogens is 297 g/mol. The van der Waals surface area contributed by atoms with E-state index < -0.39 is 15.6 Å². The lowest BCUT2D eigenvalue weighted by molar-refractivity contribution is -0.0517. The van der Waals surface area contributed by atoms with Gasteiger partial charge in [0.25, 0.3) is 0 Å². The maximum atomic E-state index is 10.7. The van der Waals surface area contributed by atoms with Crippen LogP contribution in [-0.4, -0.2) is 27.3 Å². The highest BCUT2D eigenvalue weighted by atomic mass is 32.2. The highest BCUT2D eigenvalue weighted by Crippen LogP contribution is 2.20. The Kier molecular flexibility index (Phi) is 11.9.